The second kappa shape index (κ2) is 6.56. The van der Waals surface area contributed by atoms with E-state index in [2.05, 4.69) is 10.1 Å². The third kappa shape index (κ3) is 3.26. The molecule has 6 heteroatoms. The van der Waals surface area contributed by atoms with Crippen LogP contribution in [-0.4, -0.2) is 47.8 Å². The van der Waals surface area contributed by atoms with Crippen LogP contribution in [0, 0.1) is 0 Å². The Morgan fingerprint density at radius 2 is 2.14 bits per heavy atom. The molecule has 21 heavy (non-hydrogen) atoms. The molecule has 116 valence electrons. The van der Waals surface area contributed by atoms with E-state index < -0.39 is 0 Å². The van der Waals surface area contributed by atoms with E-state index in [1.54, 1.807) is 7.11 Å². The number of amides is 1. The maximum absolute atomic E-state index is 12.0. The summed E-state index contributed by atoms with van der Waals surface area (Å²) in [6.07, 6.45) is 6.22. The fourth-order valence-electron chi connectivity index (χ4n) is 3.30. The summed E-state index contributed by atoms with van der Waals surface area (Å²) < 4.78 is 10.4. The highest BCUT2D eigenvalue weighted by Gasteiger charge is 2.32. The van der Waals surface area contributed by atoms with Crippen molar-refractivity contribution in [2.24, 2.45) is 0 Å². The predicted molar refractivity (Wildman–Crippen MR) is 75.9 cm³/mol. The first kappa shape index (κ1) is 14.5. The highest BCUT2D eigenvalue weighted by molar-refractivity contribution is 5.76. The predicted octanol–water partition coefficient (Wildman–Crippen LogP) is 2.08. The zero-order chi connectivity index (χ0) is 14.7. The van der Waals surface area contributed by atoms with Gasteiger partial charge in [0, 0.05) is 26.1 Å². The van der Waals surface area contributed by atoms with E-state index in [-0.39, 0.29) is 11.8 Å². The van der Waals surface area contributed by atoms with Gasteiger partial charge in [0.05, 0.1) is 18.9 Å². The molecule has 0 bridgehead atoms. The van der Waals surface area contributed by atoms with Crippen molar-refractivity contribution < 1.29 is 14.1 Å². The van der Waals surface area contributed by atoms with Crippen LogP contribution in [-0.2, 0) is 9.53 Å². The lowest BCUT2D eigenvalue weighted by molar-refractivity contribution is -0.131. The second-order valence-corrected chi connectivity index (χ2v) is 6.04. The molecule has 6 nitrogen and oxygen atoms in total. The molecule has 0 spiro atoms. The monoisotopic (exact) mass is 293 g/mol. The number of ether oxygens (including phenoxy) is 1. The Kier molecular flexibility index (Phi) is 4.53. The van der Waals surface area contributed by atoms with Crippen LogP contribution in [0.5, 0.6) is 0 Å². The molecular weight excluding hydrogens is 270 g/mol. The summed E-state index contributed by atoms with van der Waals surface area (Å²) in [5.41, 5.74) is 0. The van der Waals surface area contributed by atoms with E-state index in [4.69, 9.17) is 9.26 Å². The number of nitrogens with zero attached hydrogens (tertiary/aromatic N) is 3. The van der Waals surface area contributed by atoms with Crippen LogP contribution in [0.1, 0.15) is 62.1 Å². The van der Waals surface area contributed by atoms with Crippen molar-refractivity contribution in [1.82, 2.24) is 15.0 Å². The van der Waals surface area contributed by atoms with Gasteiger partial charge in [0.25, 0.3) is 0 Å². The number of rotatable bonds is 5. The first-order valence-electron chi connectivity index (χ1n) is 7.88. The molecule has 0 radical (unpaired) electrons. The van der Waals surface area contributed by atoms with Crippen molar-refractivity contribution in [2.45, 2.75) is 50.4 Å². The first-order valence-corrected chi connectivity index (χ1v) is 7.88. The third-order valence-corrected chi connectivity index (χ3v) is 4.59. The average Bonchev–Trinajstić information content (AvgIpc) is 3.24. The quantitative estimate of drug-likeness (QED) is 0.831. The van der Waals surface area contributed by atoms with Gasteiger partial charge in [-0.05, 0) is 19.3 Å². The Hall–Kier alpha value is -1.43. The number of aromatic nitrogens is 2. The Labute approximate surface area is 124 Å². The molecule has 2 heterocycles. The second-order valence-electron chi connectivity index (χ2n) is 6.04. The molecule has 0 unspecified atom stereocenters. The first-order chi connectivity index (χ1) is 10.3. The maximum atomic E-state index is 12.0. The number of carbonyl (C=O) groups excluding carboxylic acids is 1. The topological polar surface area (TPSA) is 68.5 Å². The van der Waals surface area contributed by atoms with Crippen molar-refractivity contribution in [3.8, 4) is 0 Å². The van der Waals surface area contributed by atoms with Crippen LogP contribution in [0.3, 0.4) is 0 Å². The molecule has 1 atom stereocenters. The van der Waals surface area contributed by atoms with E-state index in [0.29, 0.717) is 31.4 Å². The van der Waals surface area contributed by atoms with Crippen molar-refractivity contribution >= 4 is 5.91 Å². The molecule has 0 aromatic carbocycles. The smallest absolute Gasteiger partial charge is 0.231 e. The highest BCUT2D eigenvalue weighted by atomic mass is 16.5. The lowest BCUT2D eigenvalue weighted by Crippen LogP contribution is -2.29. The molecule has 0 N–H and O–H groups in total. The lowest BCUT2D eigenvalue weighted by Gasteiger charge is -2.15. The fourth-order valence-corrected chi connectivity index (χ4v) is 3.30. The number of likely N-dealkylation sites (tertiary alicyclic amines) is 1. The van der Waals surface area contributed by atoms with Gasteiger partial charge in [-0.2, -0.15) is 4.98 Å². The van der Waals surface area contributed by atoms with Gasteiger partial charge in [0.15, 0.2) is 5.82 Å². The minimum absolute atomic E-state index is 0.148. The lowest BCUT2D eigenvalue weighted by atomic mass is 10.1. The molecule has 1 aliphatic carbocycles. The van der Waals surface area contributed by atoms with Crippen LogP contribution in [0.2, 0.25) is 0 Å². The van der Waals surface area contributed by atoms with Gasteiger partial charge in [-0.1, -0.05) is 18.0 Å². The van der Waals surface area contributed by atoms with Gasteiger partial charge in [0.1, 0.15) is 0 Å². The highest BCUT2D eigenvalue weighted by Crippen LogP contribution is 2.34. The summed E-state index contributed by atoms with van der Waals surface area (Å²) in [5, 5.41) is 4.15. The number of carbonyl (C=O) groups is 1. The van der Waals surface area contributed by atoms with Crippen LogP contribution in [0.4, 0.5) is 0 Å². The summed E-state index contributed by atoms with van der Waals surface area (Å²) in [7, 11) is 1.61. The summed E-state index contributed by atoms with van der Waals surface area (Å²) in [6, 6.07) is 0. The van der Waals surface area contributed by atoms with E-state index >= 15 is 0 Å². The van der Waals surface area contributed by atoms with Crippen LogP contribution < -0.4 is 0 Å². The average molecular weight is 293 g/mol. The molecule has 2 aliphatic rings. The Bertz CT molecular complexity index is 482. The van der Waals surface area contributed by atoms with Crippen LogP contribution >= 0.6 is 0 Å². The SMILES string of the molecule is COCCC(=O)N1CC[C@H](c2nc(C3CCCC3)no2)C1. The summed E-state index contributed by atoms with van der Waals surface area (Å²) >= 11 is 0. The van der Waals surface area contributed by atoms with E-state index in [9.17, 15) is 4.79 Å². The number of methoxy groups -OCH3 is 1. The largest absolute Gasteiger partial charge is 0.384 e. The normalized spacial score (nSPS) is 23.1. The molecule has 1 saturated heterocycles. The van der Waals surface area contributed by atoms with Gasteiger partial charge in [0.2, 0.25) is 11.8 Å². The molecule has 1 saturated carbocycles. The van der Waals surface area contributed by atoms with Crippen molar-refractivity contribution in [3.63, 3.8) is 0 Å². The summed E-state index contributed by atoms with van der Waals surface area (Å²) in [4.78, 5) is 18.4. The summed E-state index contributed by atoms with van der Waals surface area (Å²) in [5.74, 6) is 2.39. The van der Waals surface area contributed by atoms with E-state index in [1.165, 1.54) is 25.7 Å². The number of hydrogen-bond donors (Lipinski definition) is 0. The molecule has 3 rings (SSSR count). The zero-order valence-corrected chi connectivity index (χ0v) is 12.6. The number of hydrogen-bond acceptors (Lipinski definition) is 5. The molecular formula is C15H23N3O3. The van der Waals surface area contributed by atoms with Crippen LogP contribution in [0.25, 0.3) is 0 Å². The Balaban J connectivity index is 1.57. The minimum Gasteiger partial charge on any atom is -0.384 e. The molecule has 1 aromatic rings. The zero-order valence-electron chi connectivity index (χ0n) is 12.6. The van der Waals surface area contributed by atoms with Crippen molar-refractivity contribution in [3.05, 3.63) is 11.7 Å². The van der Waals surface area contributed by atoms with Crippen molar-refractivity contribution in [2.75, 3.05) is 26.8 Å². The third-order valence-electron chi connectivity index (χ3n) is 4.59. The molecule has 1 aliphatic heterocycles. The van der Waals surface area contributed by atoms with Gasteiger partial charge in [-0.25, -0.2) is 0 Å². The van der Waals surface area contributed by atoms with Gasteiger partial charge >= 0.3 is 0 Å². The molecule has 1 amide bonds. The fraction of sp³-hybridized carbons (Fsp3) is 0.800. The Morgan fingerprint density at radius 3 is 2.90 bits per heavy atom. The maximum Gasteiger partial charge on any atom is 0.231 e. The van der Waals surface area contributed by atoms with E-state index in [1.807, 2.05) is 4.90 Å². The Morgan fingerprint density at radius 1 is 1.33 bits per heavy atom. The molecule has 2 fully saturated rings. The van der Waals surface area contributed by atoms with Crippen LogP contribution in [0.15, 0.2) is 4.52 Å². The summed E-state index contributed by atoms with van der Waals surface area (Å²) in [6.45, 7) is 1.94. The van der Waals surface area contributed by atoms with E-state index in [0.717, 1.165) is 18.8 Å². The standard InChI is InChI=1S/C15H23N3O3/c1-20-9-7-13(19)18-8-6-12(10-18)15-16-14(17-21-15)11-4-2-3-5-11/h11-12H,2-10H2,1H3/t12-/m0/s1. The molecule has 1 aromatic heterocycles. The van der Waals surface area contributed by atoms with Gasteiger partial charge < -0.3 is 14.2 Å². The van der Waals surface area contributed by atoms with Crippen molar-refractivity contribution in [1.29, 1.82) is 0 Å². The van der Waals surface area contributed by atoms with Gasteiger partial charge in [-0.15, -0.1) is 0 Å². The minimum atomic E-state index is 0.148. The van der Waals surface area contributed by atoms with Gasteiger partial charge in [-0.3, -0.25) is 4.79 Å².